The van der Waals surface area contributed by atoms with Crippen LogP contribution in [0.4, 0.5) is 27.8 Å². The molecule has 1 N–H and O–H groups in total. The molecule has 5 rings (SSSR count). The maximum atomic E-state index is 12.5. The van der Waals surface area contributed by atoms with E-state index in [-0.39, 0.29) is 18.5 Å². The van der Waals surface area contributed by atoms with Crippen LogP contribution >= 0.6 is 0 Å². The second kappa shape index (κ2) is 19.4. The van der Waals surface area contributed by atoms with Gasteiger partial charge in [-0.1, -0.05) is 33.8 Å². The van der Waals surface area contributed by atoms with E-state index in [1.165, 1.54) is 35.7 Å². The Morgan fingerprint density at radius 2 is 1.79 bits per heavy atom. The molecule has 0 radical (unpaired) electrons. The number of pyridine rings is 1. The summed E-state index contributed by atoms with van der Waals surface area (Å²) >= 11 is 0. The molecule has 3 aliphatic rings. The molecule has 3 fully saturated rings. The van der Waals surface area contributed by atoms with Gasteiger partial charge in [-0.05, 0) is 115 Å². The molecule has 1 unspecified atom stereocenters. The topological polar surface area (TPSA) is 101 Å². The number of anilines is 4. The predicted octanol–water partition coefficient (Wildman–Crippen LogP) is 7.25. The first-order valence-corrected chi connectivity index (χ1v) is 19.3. The minimum atomic E-state index is -0.406. The number of nitrogens with zero attached hydrogens (tertiary/aromatic N) is 8. The minimum Gasteiger partial charge on any atom is -0.449 e. The van der Waals surface area contributed by atoms with Crippen molar-refractivity contribution in [3.63, 3.8) is 0 Å². The molecule has 4 heterocycles. The van der Waals surface area contributed by atoms with Gasteiger partial charge in [0.1, 0.15) is 11.6 Å². The van der Waals surface area contributed by atoms with Crippen LogP contribution in [0.15, 0.2) is 64.2 Å². The van der Waals surface area contributed by atoms with Crippen LogP contribution in [0.1, 0.15) is 68.7 Å². The van der Waals surface area contributed by atoms with Crippen LogP contribution in [0.5, 0.6) is 0 Å². The third kappa shape index (κ3) is 11.3. The minimum absolute atomic E-state index is 0. The van der Waals surface area contributed by atoms with Crippen molar-refractivity contribution in [1.29, 1.82) is 0 Å². The number of benzene rings is 1. The molecule has 0 saturated carbocycles. The number of fused-ring (bicyclic) bond motifs is 1. The Morgan fingerprint density at radius 3 is 2.42 bits per heavy atom. The molecule has 0 spiro atoms. The lowest BCUT2D eigenvalue weighted by molar-refractivity contribution is -0.111. The molecule has 12 nitrogen and oxygen atoms in total. The van der Waals surface area contributed by atoms with Crippen LogP contribution in [-0.4, -0.2) is 125 Å². The summed E-state index contributed by atoms with van der Waals surface area (Å²) in [4.78, 5) is 37.4. The Bertz CT molecular complexity index is 1540. The van der Waals surface area contributed by atoms with Gasteiger partial charge in [0.15, 0.2) is 0 Å². The highest BCUT2D eigenvalue weighted by Crippen LogP contribution is 2.49. The molecule has 1 amide bonds. The lowest BCUT2D eigenvalue weighted by Crippen LogP contribution is -2.61. The molecule has 1 aromatic carbocycles. The fourth-order valence-corrected chi connectivity index (χ4v) is 7.00. The van der Waals surface area contributed by atoms with Crippen LogP contribution in [0.25, 0.3) is 0 Å². The molecule has 53 heavy (non-hydrogen) atoms. The van der Waals surface area contributed by atoms with Gasteiger partial charge in [-0.2, -0.15) is 0 Å². The summed E-state index contributed by atoms with van der Waals surface area (Å²) in [6.45, 7) is 25.0. The summed E-state index contributed by atoms with van der Waals surface area (Å²) < 4.78 is 11.8. The number of amides is 1. The third-order valence-electron chi connectivity index (χ3n) is 10.6. The van der Waals surface area contributed by atoms with Crippen LogP contribution < -0.4 is 20.0 Å². The van der Waals surface area contributed by atoms with Crippen molar-refractivity contribution in [2.75, 3.05) is 100 Å². The smallest absolute Gasteiger partial charge is 0.415 e. The molecule has 3 aliphatic heterocycles. The van der Waals surface area contributed by atoms with E-state index in [4.69, 9.17) is 19.5 Å². The lowest BCUT2D eigenvalue weighted by atomic mass is 9.67. The van der Waals surface area contributed by atoms with Crippen molar-refractivity contribution in [2.24, 2.45) is 15.4 Å². The van der Waals surface area contributed by atoms with Crippen LogP contribution in [0.2, 0.25) is 0 Å². The van der Waals surface area contributed by atoms with Gasteiger partial charge in [0, 0.05) is 70.2 Å². The van der Waals surface area contributed by atoms with E-state index in [0.717, 1.165) is 63.5 Å². The molecule has 0 bridgehead atoms. The van der Waals surface area contributed by atoms with E-state index in [1.54, 1.807) is 7.05 Å². The van der Waals surface area contributed by atoms with Crippen molar-refractivity contribution in [3.05, 3.63) is 54.2 Å². The number of guanidine groups is 1. The van der Waals surface area contributed by atoms with Gasteiger partial charge in [0.05, 0.1) is 18.8 Å². The number of rotatable bonds is 10. The second-order valence-electron chi connectivity index (χ2n) is 15.3. The predicted molar refractivity (Wildman–Crippen MR) is 223 cm³/mol. The number of carbonyl (C=O) groups is 1. The van der Waals surface area contributed by atoms with E-state index in [9.17, 15) is 4.79 Å². The Labute approximate surface area is 320 Å². The molecule has 2 aromatic rings. The summed E-state index contributed by atoms with van der Waals surface area (Å²) in [5.41, 5.74) is 2.74. The van der Waals surface area contributed by atoms with Crippen LogP contribution in [-0.2, 0) is 9.47 Å². The zero-order chi connectivity index (χ0) is 38.6. The van der Waals surface area contributed by atoms with Gasteiger partial charge >= 0.3 is 6.09 Å². The number of aliphatic imine (C=N–C) groups is 2. The van der Waals surface area contributed by atoms with Crippen molar-refractivity contribution in [2.45, 2.75) is 78.9 Å². The van der Waals surface area contributed by atoms with Crippen molar-refractivity contribution in [1.82, 2.24) is 14.8 Å². The Hall–Kier alpha value is -4.00. The number of piperidine rings is 1. The second-order valence-corrected chi connectivity index (χ2v) is 15.3. The zero-order valence-electron chi connectivity index (χ0n) is 33.9. The first-order chi connectivity index (χ1) is 25.3. The van der Waals surface area contributed by atoms with E-state index >= 15 is 0 Å². The number of carbonyl (C=O) groups excluding carboxylic acids is 1. The highest BCUT2D eigenvalue weighted by Gasteiger charge is 2.51. The van der Waals surface area contributed by atoms with Crippen molar-refractivity contribution >= 4 is 41.8 Å². The number of nitrogens with one attached hydrogen (secondary N) is 1. The molecule has 1 aromatic heterocycles. The first-order valence-electron chi connectivity index (χ1n) is 19.3. The molecule has 294 valence electrons. The van der Waals surface area contributed by atoms with Gasteiger partial charge in [0.25, 0.3) is 0 Å². The molecule has 3 saturated heterocycles. The van der Waals surface area contributed by atoms with E-state index in [0.29, 0.717) is 25.0 Å². The SMILES string of the molecule is C=NC(=N/C=C1\CCN(c2cccc(N(C)C(=O)OCCC)n2)C2CC(C)(C)OC[C@@]12C)Nc1ccc(N2CCN(C)CC2)cc1.CCCN(C)CC.[HH]. The monoisotopic (exact) mass is 734 g/mol. The van der Waals surface area contributed by atoms with Gasteiger partial charge in [-0.15, -0.1) is 0 Å². The molecular formula is C41H67N9O3. The zero-order valence-corrected chi connectivity index (χ0v) is 33.9. The summed E-state index contributed by atoms with van der Waals surface area (Å²) in [5, 5.41) is 3.33. The van der Waals surface area contributed by atoms with E-state index in [2.05, 4.69) is 110 Å². The normalized spacial score (nSPS) is 22.5. The summed E-state index contributed by atoms with van der Waals surface area (Å²) in [5.74, 6) is 1.84. The standard InChI is InChI=1S/C35H50N8O3.C6H15N.H2/c1-8-22-45-33(44)41(7)30-10-9-11-31(39-30)43-17-16-26(35(4)25-46-34(2,3)23-29(35)43)24-37-32(36-5)38-27-12-14-28(15-13-27)42-20-18-40(6)19-21-42;1-4-6-7(3)5-2;/h9-15,24,29H,5,8,16-23,25H2,1-4,6-7H3,(H,37,38);4-6H2,1-3H3;1H/b26-24+;;/t29?,35-;;/m0../s1. The number of ether oxygens (including phenoxy) is 2. The van der Waals surface area contributed by atoms with Crippen molar-refractivity contribution < 1.29 is 15.7 Å². The van der Waals surface area contributed by atoms with E-state index in [1.807, 2.05) is 31.3 Å². The number of piperazine rings is 1. The summed E-state index contributed by atoms with van der Waals surface area (Å²) in [6.07, 6.45) is 5.17. The van der Waals surface area contributed by atoms with Crippen LogP contribution in [0, 0.1) is 5.41 Å². The van der Waals surface area contributed by atoms with Gasteiger partial charge < -0.3 is 34.4 Å². The van der Waals surface area contributed by atoms with E-state index < -0.39 is 6.09 Å². The Kier molecular flexibility index (Phi) is 15.3. The quantitative estimate of drug-likeness (QED) is 0.200. The molecule has 0 aliphatic carbocycles. The fraction of sp³-hybridized carbons (Fsp3) is 0.610. The van der Waals surface area contributed by atoms with Gasteiger partial charge in [0.2, 0.25) is 5.96 Å². The highest BCUT2D eigenvalue weighted by molar-refractivity contribution is 5.96. The van der Waals surface area contributed by atoms with Gasteiger partial charge in [-0.25, -0.2) is 19.8 Å². The Balaban J connectivity index is 0.000000893. The number of aromatic nitrogens is 1. The largest absolute Gasteiger partial charge is 0.449 e. The van der Waals surface area contributed by atoms with Gasteiger partial charge in [-0.3, -0.25) is 4.90 Å². The molecule has 12 heteroatoms. The first kappa shape index (κ1) is 41.8. The average molecular weight is 734 g/mol. The third-order valence-corrected chi connectivity index (χ3v) is 10.6. The highest BCUT2D eigenvalue weighted by atomic mass is 16.6. The Morgan fingerprint density at radius 1 is 1.08 bits per heavy atom. The lowest BCUT2D eigenvalue weighted by Gasteiger charge is -2.56. The molecule has 2 atom stereocenters. The number of hydrogen-bond acceptors (Lipinski definition) is 9. The number of likely N-dealkylation sites (N-methyl/N-ethyl adjacent to an activating group) is 1. The van der Waals surface area contributed by atoms with Crippen molar-refractivity contribution in [3.8, 4) is 0 Å². The maximum absolute atomic E-state index is 12.5. The number of hydrogen-bond donors (Lipinski definition) is 1. The maximum Gasteiger partial charge on any atom is 0.415 e. The summed E-state index contributed by atoms with van der Waals surface area (Å²) in [7, 11) is 6.01. The van der Waals surface area contributed by atoms with Crippen LogP contribution in [0.3, 0.4) is 0 Å². The molecular weight excluding hydrogens is 667 g/mol. The average Bonchev–Trinajstić information content (AvgIpc) is 3.16. The fourth-order valence-electron chi connectivity index (χ4n) is 7.00. The summed E-state index contributed by atoms with van der Waals surface area (Å²) in [6, 6.07) is 14.3.